The van der Waals surface area contributed by atoms with Crippen molar-refractivity contribution in [3.05, 3.63) is 46.8 Å². The summed E-state index contributed by atoms with van der Waals surface area (Å²) < 4.78 is 27.2. The lowest BCUT2D eigenvalue weighted by molar-refractivity contribution is -0.117. The number of rotatable bonds is 7. The zero-order valence-electron chi connectivity index (χ0n) is 18.1. The standard InChI is InChI=1S/C22H31N3O3S2/c1-16(2)18-7-5-8-19(17(3)4)22(18)23-20(26)15-24-10-12-25(13-11-24)30(27,28)21-9-6-14-29-21/h5-9,14,16-17H,10-13,15H2,1-4H3,(H,23,26). The summed E-state index contributed by atoms with van der Waals surface area (Å²) in [6, 6.07) is 9.57. The van der Waals surface area contributed by atoms with Gasteiger partial charge >= 0.3 is 0 Å². The van der Waals surface area contributed by atoms with Crippen LogP contribution in [0.3, 0.4) is 0 Å². The van der Waals surface area contributed by atoms with Gasteiger partial charge in [-0.2, -0.15) is 4.31 Å². The van der Waals surface area contributed by atoms with E-state index < -0.39 is 10.0 Å². The molecule has 6 nitrogen and oxygen atoms in total. The number of nitrogens with zero attached hydrogens (tertiary/aromatic N) is 2. The molecule has 1 fully saturated rings. The number of carbonyl (C=O) groups excluding carboxylic acids is 1. The maximum absolute atomic E-state index is 12.8. The summed E-state index contributed by atoms with van der Waals surface area (Å²) in [5.74, 6) is 0.564. The van der Waals surface area contributed by atoms with Crippen LogP contribution in [0.1, 0.15) is 50.7 Å². The third-order valence-corrected chi connectivity index (χ3v) is 8.70. The fraction of sp³-hybridized carbons (Fsp3) is 0.500. The zero-order chi connectivity index (χ0) is 21.9. The number of sulfonamides is 1. The molecule has 0 unspecified atom stereocenters. The average Bonchev–Trinajstić information content (AvgIpc) is 3.24. The minimum absolute atomic E-state index is 0.0560. The SMILES string of the molecule is CC(C)c1cccc(C(C)C)c1NC(=O)CN1CCN(S(=O)(=O)c2cccs2)CC1. The van der Waals surface area contributed by atoms with Crippen molar-refractivity contribution in [2.24, 2.45) is 0 Å². The van der Waals surface area contributed by atoms with E-state index in [0.29, 0.717) is 42.2 Å². The molecular weight excluding hydrogens is 418 g/mol. The van der Waals surface area contributed by atoms with Gasteiger partial charge < -0.3 is 5.32 Å². The number of thiophene rings is 1. The van der Waals surface area contributed by atoms with E-state index in [0.717, 1.165) is 16.8 Å². The first kappa shape index (κ1) is 22.9. The maximum atomic E-state index is 12.8. The lowest BCUT2D eigenvalue weighted by atomic mass is 9.92. The number of piperazine rings is 1. The Kier molecular flexibility index (Phi) is 7.34. The van der Waals surface area contributed by atoms with Gasteiger partial charge in [-0.1, -0.05) is 52.0 Å². The molecule has 1 amide bonds. The predicted molar refractivity (Wildman–Crippen MR) is 123 cm³/mol. The summed E-state index contributed by atoms with van der Waals surface area (Å²) in [4.78, 5) is 14.8. The van der Waals surface area contributed by atoms with E-state index in [4.69, 9.17) is 0 Å². The molecule has 0 saturated carbocycles. The molecule has 0 atom stereocenters. The number of anilines is 1. The molecule has 0 spiro atoms. The number of carbonyl (C=O) groups is 1. The summed E-state index contributed by atoms with van der Waals surface area (Å²) in [5, 5.41) is 4.91. The average molecular weight is 450 g/mol. The number of nitrogens with one attached hydrogen (secondary N) is 1. The summed E-state index contributed by atoms with van der Waals surface area (Å²) in [7, 11) is -3.42. The molecular formula is C22H31N3O3S2. The Morgan fingerprint density at radius 2 is 1.60 bits per heavy atom. The van der Waals surface area contributed by atoms with Crippen molar-refractivity contribution in [3.63, 3.8) is 0 Å². The third kappa shape index (κ3) is 5.11. The summed E-state index contributed by atoms with van der Waals surface area (Å²) >= 11 is 1.24. The van der Waals surface area contributed by atoms with E-state index in [1.54, 1.807) is 17.5 Å². The molecule has 3 rings (SSSR count). The van der Waals surface area contributed by atoms with Crippen LogP contribution >= 0.6 is 11.3 Å². The van der Waals surface area contributed by atoms with Crippen LogP contribution < -0.4 is 5.32 Å². The van der Waals surface area contributed by atoms with Crippen molar-refractivity contribution in [2.45, 2.75) is 43.7 Å². The Hall–Kier alpha value is -1.74. The topological polar surface area (TPSA) is 69.7 Å². The van der Waals surface area contributed by atoms with E-state index in [-0.39, 0.29) is 12.5 Å². The minimum Gasteiger partial charge on any atom is -0.324 e. The summed E-state index contributed by atoms with van der Waals surface area (Å²) in [5.41, 5.74) is 3.20. The van der Waals surface area contributed by atoms with Crippen LogP contribution in [0.4, 0.5) is 5.69 Å². The van der Waals surface area contributed by atoms with E-state index >= 15 is 0 Å². The molecule has 1 N–H and O–H groups in total. The van der Waals surface area contributed by atoms with E-state index in [9.17, 15) is 13.2 Å². The van der Waals surface area contributed by atoms with E-state index in [1.807, 2.05) is 11.0 Å². The fourth-order valence-electron chi connectivity index (χ4n) is 3.74. The Morgan fingerprint density at radius 3 is 2.10 bits per heavy atom. The second-order valence-electron chi connectivity index (χ2n) is 8.28. The van der Waals surface area contributed by atoms with Gasteiger partial charge in [-0.25, -0.2) is 8.42 Å². The molecule has 1 aliphatic rings. The Labute approximate surface area is 183 Å². The van der Waals surface area contributed by atoms with Crippen molar-refractivity contribution in [2.75, 3.05) is 38.0 Å². The number of para-hydroxylation sites is 1. The van der Waals surface area contributed by atoms with Crippen LogP contribution in [-0.2, 0) is 14.8 Å². The molecule has 1 saturated heterocycles. The minimum atomic E-state index is -3.42. The lowest BCUT2D eigenvalue weighted by Crippen LogP contribution is -2.50. The van der Waals surface area contributed by atoms with Crippen LogP contribution in [0.15, 0.2) is 39.9 Å². The van der Waals surface area contributed by atoms with Crippen LogP contribution in [0.25, 0.3) is 0 Å². The Bertz CT molecular complexity index is 935. The van der Waals surface area contributed by atoms with Crippen molar-refractivity contribution in [1.29, 1.82) is 0 Å². The molecule has 1 aliphatic heterocycles. The Balaban J connectivity index is 1.62. The van der Waals surface area contributed by atoms with Gasteiger partial charge in [-0.05, 0) is 34.4 Å². The van der Waals surface area contributed by atoms with Gasteiger partial charge in [0.2, 0.25) is 5.91 Å². The van der Waals surface area contributed by atoms with Gasteiger partial charge in [-0.3, -0.25) is 9.69 Å². The van der Waals surface area contributed by atoms with Crippen LogP contribution in [0, 0.1) is 0 Å². The van der Waals surface area contributed by atoms with Crippen molar-refractivity contribution >= 4 is 33.0 Å². The molecule has 0 bridgehead atoms. The van der Waals surface area contributed by atoms with E-state index in [1.165, 1.54) is 15.6 Å². The molecule has 0 aliphatic carbocycles. The van der Waals surface area contributed by atoms with Crippen LogP contribution in [0.2, 0.25) is 0 Å². The molecule has 2 heterocycles. The molecule has 0 radical (unpaired) electrons. The quantitative estimate of drug-likeness (QED) is 0.695. The van der Waals surface area contributed by atoms with Crippen molar-refractivity contribution in [1.82, 2.24) is 9.21 Å². The predicted octanol–water partition coefficient (Wildman–Crippen LogP) is 3.94. The highest BCUT2D eigenvalue weighted by molar-refractivity contribution is 7.91. The van der Waals surface area contributed by atoms with Gasteiger partial charge in [-0.15, -0.1) is 11.3 Å². The second kappa shape index (κ2) is 9.60. The second-order valence-corrected chi connectivity index (χ2v) is 11.4. The first-order chi connectivity index (χ1) is 14.2. The number of benzene rings is 1. The number of hydrogen-bond donors (Lipinski definition) is 1. The first-order valence-electron chi connectivity index (χ1n) is 10.4. The van der Waals surface area contributed by atoms with Crippen molar-refractivity contribution in [3.8, 4) is 0 Å². The van der Waals surface area contributed by atoms with Gasteiger partial charge in [0.1, 0.15) is 4.21 Å². The third-order valence-electron chi connectivity index (χ3n) is 5.43. The molecule has 30 heavy (non-hydrogen) atoms. The summed E-state index contributed by atoms with van der Waals surface area (Å²) in [6.07, 6.45) is 0. The maximum Gasteiger partial charge on any atom is 0.252 e. The highest BCUT2D eigenvalue weighted by Gasteiger charge is 2.29. The molecule has 8 heteroatoms. The van der Waals surface area contributed by atoms with Crippen LogP contribution in [0.5, 0.6) is 0 Å². The monoisotopic (exact) mass is 449 g/mol. The van der Waals surface area contributed by atoms with E-state index in [2.05, 4.69) is 45.1 Å². The molecule has 1 aromatic heterocycles. The van der Waals surface area contributed by atoms with Crippen molar-refractivity contribution < 1.29 is 13.2 Å². The molecule has 2 aromatic rings. The highest BCUT2D eigenvalue weighted by Crippen LogP contribution is 2.32. The Morgan fingerprint density at radius 1 is 1.00 bits per heavy atom. The van der Waals surface area contributed by atoms with Gasteiger partial charge in [0.15, 0.2) is 0 Å². The summed E-state index contributed by atoms with van der Waals surface area (Å²) in [6.45, 7) is 10.6. The highest BCUT2D eigenvalue weighted by atomic mass is 32.2. The van der Waals surface area contributed by atoms with Gasteiger partial charge in [0.25, 0.3) is 10.0 Å². The molecule has 164 valence electrons. The number of amides is 1. The number of hydrogen-bond acceptors (Lipinski definition) is 5. The van der Waals surface area contributed by atoms with Gasteiger partial charge in [0, 0.05) is 31.9 Å². The smallest absolute Gasteiger partial charge is 0.252 e. The normalized spacial score (nSPS) is 16.3. The zero-order valence-corrected chi connectivity index (χ0v) is 19.7. The van der Waals surface area contributed by atoms with Crippen LogP contribution in [-0.4, -0.2) is 56.3 Å². The largest absolute Gasteiger partial charge is 0.324 e. The first-order valence-corrected chi connectivity index (χ1v) is 12.7. The fourth-order valence-corrected chi connectivity index (χ4v) is 6.31. The van der Waals surface area contributed by atoms with Gasteiger partial charge in [0.05, 0.1) is 6.54 Å². The molecule has 1 aromatic carbocycles. The lowest BCUT2D eigenvalue weighted by Gasteiger charge is -2.33.